The summed E-state index contributed by atoms with van der Waals surface area (Å²) in [5.41, 5.74) is 0.738. The number of amides is 1. The summed E-state index contributed by atoms with van der Waals surface area (Å²) in [5.74, 6) is 1.21. The topological polar surface area (TPSA) is 74.3 Å². The Morgan fingerprint density at radius 1 is 1.11 bits per heavy atom. The van der Waals surface area contributed by atoms with Crippen molar-refractivity contribution in [2.75, 3.05) is 24.8 Å². The number of ether oxygens (including phenoxy) is 4. The van der Waals surface area contributed by atoms with Gasteiger partial charge in [0.1, 0.15) is 11.5 Å². The number of hydrogen-bond acceptors (Lipinski definition) is 6. The van der Waals surface area contributed by atoms with Crippen LogP contribution in [-0.4, -0.2) is 31.8 Å². The molecule has 2 heterocycles. The maximum atomic E-state index is 12.5. The molecule has 0 bridgehead atoms. The first-order valence-corrected chi connectivity index (χ1v) is 8.78. The molecule has 1 fully saturated rings. The van der Waals surface area contributed by atoms with E-state index in [9.17, 15) is 9.59 Å². The van der Waals surface area contributed by atoms with Crippen molar-refractivity contribution in [3.63, 3.8) is 0 Å². The van der Waals surface area contributed by atoms with E-state index >= 15 is 0 Å². The van der Waals surface area contributed by atoms with Crippen LogP contribution in [0.25, 0.3) is 0 Å². The number of anilines is 1. The van der Waals surface area contributed by atoms with Crippen molar-refractivity contribution >= 4 is 17.6 Å². The summed E-state index contributed by atoms with van der Waals surface area (Å²) in [6, 6.07) is 12.2. The van der Waals surface area contributed by atoms with Gasteiger partial charge in [-0.25, -0.2) is 0 Å². The minimum atomic E-state index is -0.519. The predicted molar refractivity (Wildman–Crippen MR) is 96.3 cm³/mol. The van der Waals surface area contributed by atoms with Gasteiger partial charge in [0, 0.05) is 24.7 Å². The Hall–Kier alpha value is -3.22. The number of fused-ring (bicyclic) bond motifs is 1. The molecule has 0 radical (unpaired) electrons. The molecule has 1 atom stereocenters. The molecular weight excluding hydrogens is 350 g/mol. The van der Waals surface area contributed by atoms with E-state index in [0.717, 1.165) is 11.4 Å². The van der Waals surface area contributed by atoms with Crippen molar-refractivity contribution in [3.8, 4) is 23.0 Å². The lowest BCUT2D eigenvalue weighted by molar-refractivity contribution is -0.139. The number of carbonyl (C=O) groups excluding carboxylic acids is 2. The summed E-state index contributed by atoms with van der Waals surface area (Å²) in [5, 5.41) is 0. The molecule has 27 heavy (non-hydrogen) atoms. The number of rotatable bonds is 5. The molecule has 2 aromatic carbocycles. The third kappa shape index (κ3) is 3.53. The van der Waals surface area contributed by atoms with Gasteiger partial charge in [0.2, 0.25) is 12.7 Å². The molecule has 2 aliphatic rings. The minimum absolute atomic E-state index is 0.105. The monoisotopic (exact) mass is 369 g/mol. The Balaban J connectivity index is 1.41. The van der Waals surface area contributed by atoms with Crippen LogP contribution in [0, 0.1) is 5.92 Å². The maximum absolute atomic E-state index is 12.5. The lowest BCUT2D eigenvalue weighted by Crippen LogP contribution is -2.27. The lowest BCUT2D eigenvalue weighted by Gasteiger charge is -2.17. The van der Waals surface area contributed by atoms with Crippen LogP contribution in [-0.2, 0) is 9.59 Å². The summed E-state index contributed by atoms with van der Waals surface area (Å²) < 4.78 is 21.4. The van der Waals surface area contributed by atoms with Crippen LogP contribution in [0.5, 0.6) is 23.0 Å². The van der Waals surface area contributed by atoms with Crippen LogP contribution in [0.15, 0.2) is 42.5 Å². The molecule has 4 rings (SSSR count). The van der Waals surface area contributed by atoms with Gasteiger partial charge in [-0.05, 0) is 43.3 Å². The summed E-state index contributed by atoms with van der Waals surface area (Å²) in [6.07, 6.45) is 0.122. The molecule has 0 unspecified atom stereocenters. The quantitative estimate of drug-likeness (QED) is 0.596. The highest BCUT2D eigenvalue weighted by Crippen LogP contribution is 2.35. The van der Waals surface area contributed by atoms with Gasteiger partial charge in [0.25, 0.3) is 0 Å². The van der Waals surface area contributed by atoms with Crippen LogP contribution >= 0.6 is 0 Å². The number of nitrogens with zero attached hydrogens (tertiary/aromatic N) is 1. The maximum Gasteiger partial charge on any atom is 0.316 e. The normalized spacial score (nSPS) is 17.9. The van der Waals surface area contributed by atoms with E-state index in [1.807, 2.05) is 31.2 Å². The third-order valence-electron chi connectivity index (χ3n) is 4.48. The summed E-state index contributed by atoms with van der Waals surface area (Å²) in [6.45, 7) is 2.93. The zero-order valence-electron chi connectivity index (χ0n) is 14.8. The molecule has 2 aliphatic heterocycles. The second kappa shape index (κ2) is 7.19. The molecule has 0 N–H and O–H groups in total. The Kier molecular flexibility index (Phi) is 4.58. The van der Waals surface area contributed by atoms with E-state index in [1.165, 1.54) is 0 Å². The number of esters is 1. The van der Waals surface area contributed by atoms with Crippen molar-refractivity contribution in [3.05, 3.63) is 42.5 Å². The van der Waals surface area contributed by atoms with Crippen molar-refractivity contribution in [1.29, 1.82) is 0 Å². The SMILES string of the molecule is CCOc1ccc(N2C[C@H](C(=O)Oc3ccc4c(c3)OCO4)CC2=O)cc1. The lowest BCUT2D eigenvalue weighted by atomic mass is 10.1. The van der Waals surface area contributed by atoms with Gasteiger partial charge in [-0.3, -0.25) is 9.59 Å². The molecule has 7 heteroatoms. The zero-order chi connectivity index (χ0) is 18.8. The Labute approximate surface area is 156 Å². The van der Waals surface area contributed by atoms with Crippen LogP contribution < -0.4 is 23.8 Å². The molecule has 0 spiro atoms. The predicted octanol–water partition coefficient (Wildman–Crippen LogP) is 2.77. The van der Waals surface area contributed by atoms with Gasteiger partial charge in [-0.1, -0.05) is 0 Å². The summed E-state index contributed by atoms with van der Waals surface area (Å²) in [4.78, 5) is 26.4. The zero-order valence-corrected chi connectivity index (χ0v) is 14.8. The highest BCUT2D eigenvalue weighted by Gasteiger charge is 2.36. The molecule has 0 aromatic heterocycles. The van der Waals surface area contributed by atoms with Crippen LogP contribution in [0.4, 0.5) is 5.69 Å². The molecule has 1 saturated heterocycles. The summed E-state index contributed by atoms with van der Waals surface area (Å²) in [7, 11) is 0. The van der Waals surface area contributed by atoms with Crippen molar-refractivity contribution in [2.45, 2.75) is 13.3 Å². The van der Waals surface area contributed by atoms with Gasteiger partial charge in [0.15, 0.2) is 11.5 Å². The fourth-order valence-corrected chi connectivity index (χ4v) is 3.14. The van der Waals surface area contributed by atoms with E-state index in [-0.39, 0.29) is 25.7 Å². The van der Waals surface area contributed by atoms with Gasteiger partial charge >= 0.3 is 5.97 Å². The van der Waals surface area contributed by atoms with E-state index in [2.05, 4.69) is 0 Å². The van der Waals surface area contributed by atoms with E-state index in [4.69, 9.17) is 18.9 Å². The fourth-order valence-electron chi connectivity index (χ4n) is 3.14. The largest absolute Gasteiger partial charge is 0.494 e. The molecule has 0 aliphatic carbocycles. The van der Waals surface area contributed by atoms with E-state index in [0.29, 0.717) is 23.9 Å². The number of carbonyl (C=O) groups is 2. The molecule has 140 valence electrons. The molecule has 0 saturated carbocycles. The van der Waals surface area contributed by atoms with Gasteiger partial charge < -0.3 is 23.8 Å². The number of hydrogen-bond donors (Lipinski definition) is 0. The molecular formula is C20H19NO6. The molecule has 2 aromatic rings. The fraction of sp³-hybridized carbons (Fsp3) is 0.300. The summed E-state index contributed by atoms with van der Waals surface area (Å²) >= 11 is 0. The average molecular weight is 369 g/mol. The molecule has 1 amide bonds. The Morgan fingerprint density at radius 3 is 2.63 bits per heavy atom. The smallest absolute Gasteiger partial charge is 0.316 e. The van der Waals surface area contributed by atoms with Crippen LogP contribution in [0.3, 0.4) is 0 Å². The van der Waals surface area contributed by atoms with E-state index in [1.54, 1.807) is 23.1 Å². The Morgan fingerprint density at radius 2 is 1.85 bits per heavy atom. The van der Waals surface area contributed by atoms with Crippen molar-refractivity contribution < 1.29 is 28.5 Å². The average Bonchev–Trinajstić information content (AvgIpc) is 3.29. The first kappa shape index (κ1) is 17.2. The second-order valence-corrected chi connectivity index (χ2v) is 6.27. The van der Waals surface area contributed by atoms with Crippen molar-refractivity contribution in [1.82, 2.24) is 0 Å². The molecule has 7 nitrogen and oxygen atoms in total. The second-order valence-electron chi connectivity index (χ2n) is 6.27. The first-order chi connectivity index (χ1) is 13.1. The third-order valence-corrected chi connectivity index (χ3v) is 4.48. The van der Waals surface area contributed by atoms with E-state index < -0.39 is 11.9 Å². The minimum Gasteiger partial charge on any atom is -0.494 e. The first-order valence-electron chi connectivity index (χ1n) is 8.78. The van der Waals surface area contributed by atoms with Gasteiger partial charge in [-0.2, -0.15) is 0 Å². The van der Waals surface area contributed by atoms with Crippen LogP contribution in [0.1, 0.15) is 13.3 Å². The van der Waals surface area contributed by atoms with Crippen molar-refractivity contribution in [2.24, 2.45) is 5.92 Å². The highest BCUT2D eigenvalue weighted by molar-refractivity contribution is 5.99. The highest BCUT2D eigenvalue weighted by atomic mass is 16.7. The van der Waals surface area contributed by atoms with Crippen LogP contribution in [0.2, 0.25) is 0 Å². The Bertz CT molecular complexity index is 863. The standard InChI is InChI=1S/C20H19NO6/c1-2-24-15-5-3-14(4-6-15)21-11-13(9-19(21)22)20(23)27-16-7-8-17-18(10-16)26-12-25-17/h3-8,10,13H,2,9,11-12H2,1H3/t13-/m1/s1. The van der Waals surface area contributed by atoms with Gasteiger partial charge in [0.05, 0.1) is 12.5 Å². The van der Waals surface area contributed by atoms with Gasteiger partial charge in [-0.15, -0.1) is 0 Å². The number of benzene rings is 2.